The fourth-order valence-corrected chi connectivity index (χ4v) is 5.32. The van der Waals surface area contributed by atoms with Crippen molar-refractivity contribution in [2.24, 2.45) is 5.41 Å². The highest BCUT2D eigenvalue weighted by molar-refractivity contribution is 5.31. The highest BCUT2D eigenvalue weighted by Crippen LogP contribution is 2.47. The average molecular weight is 407 g/mol. The second-order valence-electron chi connectivity index (χ2n) is 9.47. The fraction of sp³-hybridized carbons (Fsp3) is 0.556. The van der Waals surface area contributed by atoms with Crippen LogP contribution in [0.1, 0.15) is 56.1 Å². The quantitative estimate of drug-likeness (QED) is 0.646. The van der Waals surface area contributed by atoms with E-state index >= 15 is 0 Å². The summed E-state index contributed by atoms with van der Waals surface area (Å²) in [5.41, 5.74) is 3.24. The second kappa shape index (κ2) is 10.5. The van der Waals surface area contributed by atoms with E-state index in [9.17, 15) is 0 Å². The Hall–Kier alpha value is -1.84. The van der Waals surface area contributed by atoms with Crippen LogP contribution in [0.2, 0.25) is 0 Å². The van der Waals surface area contributed by atoms with Gasteiger partial charge < -0.3 is 15.0 Å². The van der Waals surface area contributed by atoms with Gasteiger partial charge in [0.1, 0.15) is 5.75 Å². The van der Waals surface area contributed by atoms with Crippen LogP contribution in [0.3, 0.4) is 0 Å². The first-order valence-electron chi connectivity index (χ1n) is 11.9. The maximum Gasteiger partial charge on any atom is 0.119 e. The molecule has 2 aromatic carbocycles. The molecule has 4 rings (SSSR count). The van der Waals surface area contributed by atoms with Crippen molar-refractivity contribution >= 4 is 0 Å². The van der Waals surface area contributed by atoms with Crippen molar-refractivity contribution in [3.8, 4) is 5.75 Å². The maximum atomic E-state index is 6.05. The normalized spacial score (nSPS) is 20.6. The molecule has 1 heterocycles. The molecule has 0 amide bonds. The van der Waals surface area contributed by atoms with Gasteiger partial charge in [-0.15, -0.1) is 0 Å². The van der Waals surface area contributed by atoms with Gasteiger partial charge in [0.15, 0.2) is 0 Å². The predicted molar refractivity (Wildman–Crippen MR) is 125 cm³/mol. The highest BCUT2D eigenvalue weighted by Gasteiger charge is 2.37. The van der Waals surface area contributed by atoms with Crippen molar-refractivity contribution in [1.29, 1.82) is 0 Å². The lowest BCUT2D eigenvalue weighted by molar-refractivity contribution is 0.119. The number of nitrogens with zero attached hydrogens (tertiary/aromatic N) is 1. The zero-order chi connectivity index (χ0) is 20.7. The molecule has 1 saturated carbocycles. The van der Waals surface area contributed by atoms with Crippen molar-refractivity contribution in [3.63, 3.8) is 0 Å². The number of hydrogen-bond donors (Lipinski definition) is 1. The standard InChI is InChI=1S/C27H38N2O/c1-27(15-6-3-7-16-27)26(22-29-19-17-28-18-20-29)24-10-12-25(13-11-24)30-21-14-23-8-4-2-5-9-23/h2,4-5,8-13,26,28H,3,6-7,14-22H2,1H3. The van der Waals surface area contributed by atoms with Gasteiger partial charge >= 0.3 is 0 Å². The van der Waals surface area contributed by atoms with Gasteiger partial charge in [-0.1, -0.05) is 68.7 Å². The summed E-state index contributed by atoms with van der Waals surface area (Å²) in [6.07, 6.45) is 7.85. The van der Waals surface area contributed by atoms with Crippen molar-refractivity contribution in [2.75, 3.05) is 39.3 Å². The van der Waals surface area contributed by atoms with Crippen molar-refractivity contribution in [1.82, 2.24) is 10.2 Å². The first kappa shape index (κ1) is 21.4. The molecule has 0 aromatic heterocycles. The molecule has 1 atom stereocenters. The Bertz CT molecular complexity index is 746. The zero-order valence-corrected chi connectivity index (χ0v) is 18.6. The fourth-order valence-electron chi connectivity index (χ4n) is 5.32. The second-order valence-corrected chi connectivity index (χ2v) is 9.47. The number of rotatable bonds is 8. The third kappa shape index (κ3) is 5.65. The van der Waals surface area contributed by atoms with Crippen LogP contribution in [-0.2, 0) is 6.42 Å². The number of ether oxygens (including phenoxy) is 1. The Labute approximate surface area is 182 Å². The predicted octanol–water partition coefficient (Wildman–Crippen LogP) is 5.27. The minimum Gasteiger partial charge on any atom is -0.493 e. The van der Waals surface area contributed by atoms with E-state index in [2.05, 4.69) is 71.7 Å². The summed E-state index contributed by atoms with van der Waals surface area (Å²) in [6, 6.07) is 19.6. The number of benzene rings is 2. The Morgan fingerprint density at radius 3 is 2.33 bits per heavy atom. The molecule has 0 bridgehead atoms. The third-order valence-corrected chi connectivity index (χ3v) is 7.27. The van der Waals surface area contributed by atoms with E-state index in [1.807, 2.05) is 0 Å². The monoisotopic (exact) mass is 406 g/mol. The van der Waals surface area contributed by atoms with E-state index in [0.717, 1.165) is 31.9 Å². The molecular weight excluding hydrogens is 368 g/mol. The summed E-state index contributed by atoms with van der Waals surface area (Å²) in [4.78, 5) is 2.67. The van der Waals surface area contributed by atoms with Gasteiger partial charge in [0.25, 0.3) is 0 Å². The minimum atomic E-state index is 0.415. The smallest absolute Gasteiger partial charge is 0.119 e. The third-order valence-electron chi connectivity index (χ3n) is 7.27. The van der Waals surface area contributed by atoms with Crippen molar-refractivity contribution in [3.05, 3.63) is 65.7 Å². The summed E-state index contributed by atoms with van der Waals surface area (Å²) in [5.74, 6) is 1.60. The van der Waals surface area contributed by atoms with Crippen molar-refractivity contribution < 1.29 is 4.74 Å². The molecule has 1 aliphatic carbocycles. The maximum absolute atomic E-state index is 6.05. The van der Waals surface area contributed by atoms with Crippen LogP contribution in [0.4, 0.5) is 0 Å². The van der Waals surface area contributed by atoms with Gasteiger partial charge in [-0.25, -0.2) is 0 Å². The van der Waals surface area contributed by atoms with Crippen LogP contribution in [0, 0.1) is 5.41 Å². The highest BCUT2D eigenvalue weighted by atomic mass is 16.5. The Morgan fingerprint density at radius 2 is 1.63 bits per heavy atom. The molecule has 1 saturated heterocycles. The minimum absolute atomic E-state index is 0.415. The van der Waals surface area contributed by atoms with Crippen LogP contribution >= 0.6 is 0 Å². The largest absolute Gasteiger partial charge is 0.493 e. The topological polar surface area (TPSA) is 24.5 Å². The van der Waals surface area contributed by atoms with E-state index in [1.54, 1.807) is 0 Å². The molecule has 2 fully saturated rings. The number of hydrogen-bond acceptors (Lipinski definition) is 3. The Morgan fingerprint density at radius 1 is 0.933 bits per heavy atom. The molecule has 0 spiro atoms. The lowest BCUT2D eigenvalue weighted by atomic mass is 9.65. The average Bonchev–Trinajstić information content (AvgIpc) is 2.80. The van der Waals surface area contributed by atoms with E-state index < -0.39 is 0 Å². The lowest BCUT2D eigenvalue weighted by Crippen LogP contribution is -2.47. The molecule has 2 aromatic rings. The zero-order valence-electron chi connectivity index (χ0n) is 18.6. The van der Waals surface area contributed by atoms with Gasteiger partial charge in [0.2, 0.25) is 0 Å². The SMILES string of the molecule is CC1(C(CN2CCNCC2)c2ccc(OCCc3ccccc3)cc2)CCCCC1. The molecule has 1 aliphatic heterocycles. The van der Waals surface area contributed by atoms with Crippen LogP contribution in [0.25, 0.3) is 0 Å². The Balaban J connectivity index is 1.41. The summed E-state index contributed by atoms with van der Waals surface area (Å²) in [5, 5.41) is 3.50. The van der Waals surface area contributed by atoms with Crippen LogP contribution in [-0.4, -0.2) is 44.2 Å². The molecule has 3 nitrogen and oxygen atoms in total. The van der Waals surface area contributed by atoms with E-state index in [0.29, 0.717) is 11.3 Å². The molecule has 0 radical (unpaired) electrons. The first-order chi connectivity index (χ1) is 14.7. The van der Waals surface area contributed by atoms with Gasteiger partial charge in [-0.2, -0.15) is 0 Å². The van der Waals surface area contributed by atoms with Crippen molar-refractivity contribution in [2.45, 2.75) is 51.4 Å². The summed E-state index contributed by atoms with van der Waals surface area (Å²) in [6.45, 7) is 9.05. The van der Waals surface area contributed by atoms with E-state index in [4.69, 9.17) is 4.74 Å². The van der Waals surface area contributed by atoms with Gasteiger partial charge in [-0.3, -0.25) is 0 Å². The molecule has 162 valence electrons. The van der Waals surface area contributed by atoms with E-state index in [-0.39, 0.29) is 0 Å². The number of nitrogens with one attached hydrogen (secondary N) is 1. The van der Waals surface area contributed by atoms with E-state index in [1.165, 1.54) is 62.9 Å². The van der Waals surface area contributed by atoms with Crippen LogP contribution < -0.4 is 10.1 Å². The van der Waals surface area contributed by atoms with Crippen LogP contribution in [0.15, 0.2) is 54.6 Å². The molecule has 3 heteroatoms. The Kier molecular flexibility index (Phi) is 7.46. The molecule has 2 aliphatic rings. The lowest BCUT2D eigenvalue weighted by Gasteiger charge is -2.44. The molecule has 1 unspecified atom stereocenters. The summed E-state index contributed by atoms with van der Waals surface area (Å²) >= 11 is 0. The number of piperazine rings is 1. The van der Waals surface area contributed by atoms with Gasteiger partial charge in [0, 0.05) is 45.1 Å². The summed E-state index contributed by atoms with van der Waals surface area (Å²) in [7, 11) is 0. The molecule has 1 N–H and O–H groups in total. The summed E-state index contributed by atoms with van der Waals surface area (Å²) < 4.78 is 6.05. The molecule has 30 heavy (non-hydrogen) atoms. The molecular formula is C27H38N2O. The van der Waals surface area contributed by atoms with Crippen LogP contribution in [0.5, 0.6) is 5.75 Å². The van der Waals surface area contributed by atoms with Gasteiger partial charge in [-0.05, 0) is 41.5 Å². The first-order valence-corrected chi connectivity index (χ1v) is 11.9. The van der Waals surface area contributed by atoms with Gasteiger partial charge in [0.05, 0.1) is 6.61 Å².